The number of hydrogen-bond donors (Lipinski definition) is 4. The second kappa shape index (κ2) is 8.55. The summed E-state index contributed by atoms with van der Waals surface area (Å²) in [5.41, 5.74) is 12.2. The van der Waals surface area contributed by atoms with Crippen LogP contribution in [0.25, 0.3) is 10.9 Å². The molecule has 0 radical (unpaired) electrons. The zero-order valence-corrected chi connectivity index (χ0v) is 18.2. The third-order valence-corrected chi connectivity index (χ3v) is 5.41. The lowest BCUT2D eigenvalue weighted by atomic mass is 10.2. The first-order chi connectivity index (χ1) is 14.9. The number of nitrogens with two attached hydrogens (primary N) is 1. The average molecular weight is 416 g/mol. The number of benzene rings is 2. The van der Waals surface area contributed by atoms with Crippen LogP contribution in [0.2, 0.25) is 0 Å². The third kappa shape index (κ3) is 4.71. The van der Waals surface area contributed by atoms with Gasteiger partial charge in [-0.2, -0.15) is 10.2 Å². The molecule has 0 spiro atoms. The minimum Gasteiger partial charge on any atom is -0.382 e. The number of allylic oxidation sites excluding steroid dienone is 1. The molecular weight excluding hydrogens is 386 g/mol. The van der Waals surface area contributed by atoms with E-state index in [0.29, 0.717) is 5.82 Å². The molecule has 1 aliphatic carbocycles. The van der Waals surface area contributed by atoms with Gasteiger partial charge in [0.1, 0.15) is 11.5 Å². The molecule has 4 aromatic rings. The van der Waals surface area contributed by atoms with Crippen molar-refractivity contribution in [2.75, 3.05) is 16.4 Å². The molecule has 2 heterocycles. The van der Waals surface area contributed by atoms with Crippen LogP contribution in [0.15, 0.2) is 60.8 Å². The highest BCUT2D eigenvalue weighted by molar-refractivity contribution is 5.92. The number of nitrogen functional groups attached to an aromatic ring is 1. The van der Waals surface area contributed by atoms with Crippen LogP contribution in [0.3, 0.4) is 0 Å². The van der Waals surface area contributed by atoms with Crippen molar-refractivity contribution in [1.29, 1.82) is 0 Å². The predicted molar refractivity (Wildman–Crippen MR) is 128 cm³/mol. The van der Waals surface area contributed by atoms with Crippen LogP contribution < -0.4 is 16.4 Å². The molecule has 1 aliphatic rings. The molecule has 0 aliphatic heterocycles. The number of fused-ring (bicyclic) bond motifs is 1. The van der Waals surface area contributed by atoms with Crippen LogP contribution in [-0.4, -0.2) is 20.0 Å². The van der Waals surface area contributed by atoms with Crippen molar-refractivity contribution in [3.05, 3.63) is 72.1 Å². The van der Waals surface area contributed by atoms with Crippen molar-refractivity contribution in [3.8, 4) is 0 Å². The molecular formula is C24H29N7. The molecule has 0 unspecified atom stereocenters. The SMILES string of the molecule is C=C(Nc1ccc(C)cc1)C1CC1.Cc1nn(C)c(N)c1Nc1n[nH]c2ccccc12. The summed E-state index contributed by atoms with van der Waals surface area (Å²) in [4.78, 5) is 0. The van der Waals surface area contributed by atoms with E-state index in [1.807, 2.05) is 38.2 Å². The Labute approximate surface area is 182 Å². The Morgan fingerprint density at radius 1 is 1.13 bits per heavy atom. The van der Waals surface area contributed by atoms with Gasteiger partial charge in [-0.25, -0.2) is 0 Å². The Morgan fingerprint density at radius 3 is 2.48 bits per heavy atom. The van der Waals surface area contributed by atoms with E-state index in [-0.39, 0.29) is 0 Å². The summed E-state index contributed by atoms with van der Waals surface area (Å²) >= 11 is 0. The smallest absolute Gasteiger partial charge is 0.160 e. The second-order valence-corrected chi connectivity index (χ2v) is 8.00. The molecule has 1 saturated carbocycles. The van der Waals surface area contributed by atoms with Gasteiger partial charge in [-0.05, 0) is 56.9 Å². The maximum Gasteiger partial charge on any atom is 0.160 e. The Kier molecular flexibility index (Phi) is 5.66. The summed E-state index contributed by atoms with van der Waals surface area (Å²) < 4.78 is 1.65. The summed E-state index contributed by atoms with van der Waals surface area (Å²) in [6.07, 6.45) is 2.61. The van der Waals surface area contributed by atoms with E-state index in [1.54, 1.807) is 4.68 Å². The predicted octanol–water partition coefficient (Wildman–Crippen LogP) is 5.26. The van der Waals surface area contributed by atoms with E-state index in [0.717, 1.165) is 39.7 Å². The molecule has 31 heavy (non-hydrogen) atoms. The summed E-state index contributed by atoms with van der Waals surface area (Å²) in [6.45, 7) is 8.03. The van der Waals surface area contributed by atoms with Crippen LogP contribution in [0.4, 0.5) is 23.0 Å². The van der Waals surface area contributed by atoms with Crippen molar-refractivity contribution >= 4 is 33.9 Å². The highest BCUT2D eigenvalue weighted by atomic mass is 15.3. The first-order valence-corrected chi connectivity index (χ1v) is 10.4. The number of aromatic amines is 1. The van der Waals surface area contributed by atoms with E-state index in [4.69, 9.17) is 5.73 Å². The third-order valence-electron chi connectivity index (χ3n) is 5.41. The Morgan fingerprint density at radius 2 is 1.84 bits per heavy atom. The number of nitrogens with one attached hydrogen (secondary N) is 3. The van der Waals surface area contributed by atoms with E-state index in [9.17, 15) is 0 Å². The quantitative estimate of drug-likeness (QED) is 0.356. The van der Waals surface area contributed by atoms with Crippen molar-refractivity contribution in [3.63, 3.8) is 0 Å². The minimum atomic E-state index is 0.597. The number of hydrogen-bond acceptors (Lipinski definition) is 5. The average Bonchev–Trinajstić information content (AvgIpc) is 3.50. The van der Waals surface area contributed by atoms with Gasteiger partial charge in [0, 0.05) is 23.8 Å². The molecule has 0 atom stereocenters. The van der Waals surface area contributed by atoms with Crippen LogP contribution in [0.1, 0.15) is 24.1 Å². The molecule has 1 fully saturated rings. The first kappa shape index (κ1) is 20.5. The summed E-state index contributed by atoms with van der Waals surface area (Å²) in [5, 5.41) is 19.1. The lowest BCUT2D eigenvalue weighted by Crippen LogP contribution is -2.00. The summed E-state index contributed by atoms with van der Waals surface area (Å²) in [5.74, 6) is 2.08. The van der Waals surface area contributed by atoms with Crippen LogP contribution in [0, 0.1) is 19.8 Å². The second-order valence-electron chi connectivity index (χ2n) is 8.00. The van der Waals surface area contributed by atoms with E-state index in [1.165, 1.54) is 24.1 Å². The van der Waals surface area contributed by atoms with Gasteiger partial charge >= 0.3 is 0 Å². The van der Waals surface area contributed by atoms with Gasteiger partial charge in [0.2, 0.25) is 0 Å². The standard InChI is InChI=1S/C12H14N6.C12H15N/c1-7-10(11(13)18(2)17-7)14-12-8-5-3-4-6-9(8)15-16-12;1-9-3-7-12(8-4-9)13-10(2)11-5-6-11/h3-6H,13H2,1-2H3,(H2,14,15,16);3-4,7-8,11,13H,2,5-6H2,1H3. The normalized spacial score (nSPS) is 12.9. The maximum atomic E-state index is 5.96. The first-order valence-electron chi connectivity index (χ1n) is 10.4. The topological polar surface area (TPSA) is 96.6 Å². The van der Waals surface area contributed by atoms with Crippen LogP contribution in [0.5, 0.6) is 0 Å². The highest BCUT2D eigenvalue weighted by Gasteiger charge is 2.24. The largest absolute Gasteiger partial charge is 0.382 e. The molecule has 0 bridgehead atoms. The number of rotatable bonds is 5. The lowest BCUT2D eigenvalue weighted by molar-refractivity contribution is 0.767. The van der Waals surface area contributed by atoms with Crippen LogP contribution >= 0.6 is 0 Å². The summed E-state index contributed by atoms with van der Waals surface area (Å²) in [7, 11) is 1.82. The Hall–Kier alpha value is -3.74. The maximum absolute atomic E-state index is 5.96. The fourth-order valence-electron chi connectivity index (χ4n) is 3.36. The zero-order valence-electron chi connectivity index (χ0n) is 18.2. The highest BCUT2D eigenvalue weighted by Crippen LogP contribution is 2.35. The van der Waals surface area contributed by atoms with Crippen LogP contribution in [-0.2, 0) is 7.05 Å². The molecule has 160 valence electrons. The zero-order chi connectivity index (χ0) is 22.0. The number of anilines is 4. The molecule has 2 aromatic carbocycles. The molecule has 2 aromatic heterocycles. The fraction of sp³-hybridized carbons (Fsp3) is 0.250. The van der Waals surface area contributed by atoms with Crippen molar-refractivity contribution in [2.24, 2.45) is 13.0 Å². The molecule has 0 saturated heterocycles. The van der Waals surface area contributed by atoms with E-state index < -0.39 is 0 Å². The van der Waals surface area contributed by atoms with E-state index in [2.05, 4.69) is 63.7 Å². The van der Waals surface area contributed by atoms with E-state index >= 15 is 0 Å². The number of H-pyrrole nitrogens is 1. The molecule has 7 nitrogen and oxygen atoms in total. The molecule has 5 N–H and O–H groups in total. The van der Waals surface area contributed by atoms with Gasteiger partial charge in [-0.3, -0.25) is 9.78 Å². The fourth-order valence-corrected chi connectivity index (χ4v) is 3.36. The monoisotopic (exact) mass is 415 g/mol. The van der Waals surface area contributed by atoms with Gasteiger partial charge in [-0.1, -0.05) is 36.4 Å². The van der Waals surface area contributed by atoms with Crippen molar-refractivity contribution in [2.45, 2.75) is 26.7 Å². The minimum absolute atomic E-state index is 0.597. The van der Waals surface area contributed by atoms with Crippen molar-refractivity contribution < 1.29 is 0 Å². The Balaban J connectivity index is 0.000000158. The number of aromatic nitrogens is 4. The lowest BCUT2D eigenvalue weighted by Gasteiger charge is -2.08. The molecule has 7 heteroatoms. The van der Waals surface area contributed by atoms with Gasteiger partial charge in [0.25, 0.3) is 0 Å². The number of aryl methyl sites for hydroxylation is 3. The van der Waals surface area contributed by atoms with Gasteiger partial charge in [0.15, 0.2) is 5.82 Å². The Bertz CT molecular complexity index is 1200. The van der Waals surface area contributed by atoms with Gasteiger partial charge in [-0.15, -0.1) is 0 Å². The number of para-hydroxylation sites is 1. The van der Waals surface area contributed by atoms with Gasteiger partial charge in [0.05, 0.1) is 11.2 Å². The summed E-state index contributed by atoms with van der Waals surface area (Å²) in [6, 6.07) is 16.4. The molecule has 0 amide bonds. The number of nitrogens with zero attached hydrogens (tertiary/aromatic N) is 3. The van der Waals surface area contributed by atoms with Gasteiger partial charge < -0.3 is 16.4 Å². The van der Waals surface area contributed by atoms with Crippen molar-refractivity contribution in [1.82, 2.24) is 20.0 Å². The molecule has 5 rings (SSSR count).